The van der Waals surface area contributed by atoms with Crippen LogP contribution in [0.25, 0.3) is 5.57 Å². The lowest BCUT2D eigenvalue weighted by molar-refractivity contribution is -0.137. The van der Waals surface area contributed by atoms with Crippen LogP contribution in [-0.4, -0.2) is 42.5 Å². The fourth-order valence-corrected chi connectivity index (χ4v) is 3.30. The number of hydrogen-bond acceptors (Lipinski definition) is 3. The van der Waals surface area contributed by atoms with Crippen molar-refractivity contribution in [1.29, 1.82) is 0 Å². The van der Waals surface area contributed by atoms with Gasteiger partial charge in [0, 0.05) is 18.7 Å². The molecule has 2 aliphatic rings. The predicted octanol–water partition coefficient (Wildman–Crippen LogP) is 2.88. The van der Waals surface area contributed by atoms with Crippen LogP contribution in [0.3, 0.4) is 0 Å². The molecule has 1 aromatic rings. The van der Waals surface area contributed by atoms with Gasteiger partial charge in [-0.2, -0.15) is 13.2 Å². The number of rotatable bonds is 2. The van der Waals surface area contributed by atoms with Crippen LogP contribution in [0, 0.1) is 0 Å². The van der Waals surface area contributed by atoms with Crippen LogP contribution >= 0.6 is 0 Å². The van der Waals surface area contributed by atoms with Crippen molar-refractivity contribution in [3.05, 3.63) is 65.5 Å². The summed E-state index contributed by atoms with van der Waals surface area (Å²) in [5.41, 5.74) is -2.89. The number of alkyl halides is 3. The molecule has 7 heteroatoms. The Bertz CT molecular complexity index is 837. The lowest BCUT2D eigenvalue weighted by Crippen LogP contribution is -2.47. The highest BCUT2D eigenvalue weighted by molar-refractivity contribution is 6.13. The van der Waals surface area contributed by atoms with Crippen LogP contribution in [0.1, 0.15) is 5.56 Å². The smallest absolute Gasteiger partial charge is 0.422 e. The van der Waals surface area contributed by atoms with E-state index in [2.05, 4.69) is 0 Å². The highest BCUT2D eigenvalue weighted by Gasteiger charge is 2.59. The lowest BCUT2D eigenvalue weighted by atomic mass is 9.79. The van der Waals surface area contributed by atoms with E-state index in [4.69, 9.17) is 4.74 Å². The fourth-order valence-electron chi connectivity index (χ4n) is 3.30. The van der Waals surface area contributed by atoms with Gasteiger partial charge in [-0.05, 0) is 17.7 Å². The number of methoxy groups -OCH3 is 1. The number of nitrogens with zero attached hydrogens (tertiary/aromatic N) is 1. The second-order valence-corrected chi connectivity index (χ2v) is 5.69. The molecule has 1 aliphatic heterocycles. The second kappa shape index (κ2) is 5.61. The van der Waals surface area contributed by atoms with Gasteiger partial charge in [0.1, 0.15) is 16.9 Å². The molecule has 1 amide bonds. The van der Waals surface area contributed by atoms with Crippen molar-refractivity contribution in [3.63, 3.8) is 0 Å². The van der Waals surface area contributed by atoms with Gasteiger partial charge in [0.05, 0.1) is 7.11 Å². The molecule has 4 nitrogen and oxygen atoms in total. The third-order valence-corrected chi connectivity index (χ3v) is 4.38. The number of allylic oxidation sites excluding steroid dienone is 2. The number of carbonyl (C=O) groups excluding carboxylic acids is 2. The molecule has 0 radical (unpaired) electrons. The Hall–Kier alpha value is -2.83. The maximum Gasteiger partial charge on any atom is 0.422 e. The van der Waals surface area contributed by atoms with E-state index in [0.717, 1.165) is 17.1 Å². The Kier molecular flexibility index (Phi) is 3.82. The maximum atomic E-state index is 13.7. The molecule has 1 atom stereocenters. The van der Waals surface area contributed by atoms with Gasteiger partial charge in [-0.3, -0.25) is 9.59 Å². The van der Waals surface area contributed by atoms with Crippen molar-refractivity contribution in [2.75, 3.05) is 14.2 Å². The third-order valence-electron chi connectivity index (χ3n) is 4.38. The third kappa shape index (κ3) is 2.38. The van der Waals surface area contributed by atoms with Crippen LogP contribution in [0.5, 0.6) is 0 Å². The van der Waals surface area contributed by atoms with E-state index in [1.54, 1.807) is 18.2 Å². The number of ether oxygens (including phenoxy) is 1. The highest BCUT2D eigenvalue weighted by atomic mass is 19.4. The molecule has 1 heterocycles. The standard InChI is InChI=1S/C18H14F3NO3/c1-22-16(24)15(18(19,20)21)14(11-6-4-3-5-7-11)17(22)9-8-12(23)10-13(17)25-2/h3-10H,1-2H3/t17-/m1/s1. The van der Waals surface area contributed by atoms with E-state index in [0.29, 0.717) is 0 Å². The van der Waals surface area contributed by atoms with E-state index in [9.17, 15) is 22.8 Å². The van der Waals surface area contributed by atoms with Crippen LogP contribution in [-0.2, 0) is 14.3 Å². The van der Waals surface area contributed by atoms with E-state index < -0.39 is 29.0 Å². The van der Waals surface area contributed by atoms with Crippen molar-refractivity contribution >= 4 is 17.3 Å². The lowest BCUT2D eigenvalue weighted by Gasteiger charge is -2.38. The second-order valence-electron chi connectivity index (χ2n) is 5.69. The average Bonchev–Trinajstić information content (AvgIpc) is 2.80. The van der Waals surface area contributed by atoms with Crippen molar-refractivity contribution in [2.24, 2.45) is 0 Å². The summed E-state index contributed by atoms with van der Waals surface area (Å²) in [5.74, 6) is -1.63. The van der Waals surface area contributed by atoms with Crippen LogP contribution in [0.2, 0.25) is 0 Å². The summed E-state index contributed by atoms with van der Waals surface area (Å²) < 4.78 is 46.4. The van der Waals surface area contributed by atoms with E-state index in [1.807, 2.05) is 0 Å². The molecule has 25 heavy (non-hydrogen) atoms. The molecular formula is C18H14F3NO3. The number of carbonyl (C=O) groups is 2. The normalized spacial score (nSPS) is 23.6. The topological polar surface area (TPSA) is 46.6 Å². The molecule has 0 saturated carbocycles. The number of amides is 1. The molecule has 0 aromatic heterocycles. The molecule has 0 unspecified atom stereocenters. The first-order chi connectivity index (χ1) is 11.7. The first-order valence-corrected chi connectivity index (χ1v) is 7.38. The molecule has 1 aliphatic carbocycles. The monoisotopic (exact) mass is 349 g/mol. The highest BCUT2D eigenvalue weighted by Crippen LogP contribution is 2.51. The van der Waals surface area contributed by atoms with Gasteiger partial charge in [-0.1, -0.05) is 30.3 Å². The molecule has 1 aromatic carbocycles. The first kappa shape index (κ1) is 17.0. The van der Waals surface area contributed by atoms with Gasteiger partial charge < -0.3 is 9.64 Å². The minimum absolute atomic E-state index is 0.0334. The van der Waals surface area contributed by atoms with Crippen LogP contribution in [0.15, 0.2) is 59.9 Å². The van der Waals surface area contributed by atoms with Crippen LogP contribution in [0.4, 0.5) is 13.2 Å². The van der Waals surface area contributed by atoms with Crippen molar-refractivity contribution in [1.82, 2.24) is 4.90 Å². The Labute approximate surface area is 141 Å². The summed E-state index contributed by atoms with van der Waals surface area (Å²) in [6.45, 7) is 0. The SMILES string of the molecule is COC1=CC(=O)C=C[C@]12C(c1ccccc1)=C(C(F)(F)F)C(=O)N2C. The van der Waals surface area contributed by atoms with E-state index in [-0.39, 0.29) is 16.9 Å². The quantitative estimate of drug-likeness (QED) is 0.825. The minimum atomic E-state index is -4.85. The zero-order chi connectivity index (χ0) is 18.4. The Balaban J connectivity index is 2.40. The number of ketones is 1. The zero-order valence-corrected chi connectivity index (χ0v) is 13.4. The molecular weight excluding hydrogens is 335 g/mol. The van der Waals surface area contributed by atoms with E-state index >= 15 is 0 Å². The number of benzene rings is 1. The van der Waals surface area contributed by atoms with Crippen LogP contribution < -0.4 is 0 Å². The molecule has 1 spiro atoms. The summed E-state index contributed by atoms with van der Waals surface area (Å²) in [5, 5.41) is 0. The molecule has 0 saturated heterocycles. The number of halogens is 3. The van der Waals surface area contributed by atoms with Gasteiger partial charge in [-0.25, -0.2) is 0 Å². The maximum absolute atomic E-state index is 13.7. The summed E-state index contributed by atoms with van der Waals surface area (Å²) in [4.78, 5) is 25.2. The van der Waals surface area contributed by atoms with E-state index in [1.165, 1.54) is 32.4 Å². The van der Waals surface area contributed by atoms with Crippen molar-refractivity contribution in [2.45, 2.75) is 11.7 Å². The van der Waals surface area contributed by atoms with Crippen molar-refractivity contribution in [3.8, 4) is 0 Å². The summed E-state index contributed by atoms with van der Waals surface area (Å²) in [7, 11) is 2.52. The molecule has 3 rings (SSSR count). The average molecular weight is 349 g/mol. The first-order valence-electron chi connectivity index (χ1n) is 7.38. The molecule has 130 valence electrons. The molecule has 0 bridgehead atoms. The minimum Gasteiger partial charge on any atom is -0.498 e. The fraction of sp³-hybridized carbons (Fsp3) is 0.222. The van der Waals surface area contributed by atoms with Gasteiger partial charge in [0.25, 0.3) is 5.91 Å². The molecule has 0 N–H and O–H groups in total. The summed E-state index contributed by atoms with van der Waals surface area (Å²) >= 11 is 0. The zero-order valence-electron chi connectivity index (χ0n) is 13.4. The van der Waals surface area contributed by atoms with Gasteiger partial charge in [0.15, 0.2) is 5.78 Å². The Morgan fingerprint density at radius 2 is 1.76 bits per heavy atom. The van der Waals surface area contributed by atoms with Gasteiger partial charge in [-0.15, -0.1) is 0 Å². The predicted molar refractivity (Wildman–Crippen MR) is 84.2 cm³/mol. The Morgan fingerprint density at radius 3 is 2.32 bits per heavy atom. The number of likely N-dealkylation sites (N-methyl/N-ethyl adjacent to an activating group) is 1. The summed E-state index contributed by atoms with van der Waals surface area (Å²) in [6, 6.07) is 7.82. The van der Waals surface area contributed by atoms with Crippen molar-refractivity contribution < 1.29 is 27.5 Å². The Morgan fingerprint density at radius 1 is 1.12 bits per heavy atom. The largest absolute Gasteiger partial charge is 0.498 e. The van der Waals surface area contributed by atoms with Gasteiger partial charge in [0.2, 0.25) is 0 Å². The molecule has 0 fully saturated rings. The number of hydrogen-bond donors (Lipinski definition) is 0. The van der Waals surface area contributed by atoms with Gasteiger partial charge >= 0.3 is 6.18 Å². The summed E-state index contributed by atoms with van der Waals surface area (Å²) in [6.07, 6.45) is -1.32.